The molecule has 5 heteroatoms. The van der Waals surface area contributed by atoms with Crippen molar-refractivity contribution in [3.63, 3.8) is 0 Å². The summed E-state index contributed by atoms with van der Waals surface area (Å²) in [5, 5.41) is 0. The van der Waals surface area contributed by atoms with E-state index in [-0.39, 0.29) is 11.9 Å². The predicted octanol–water partition coefficient (Wildman–Crippen LogP) is 1.08. The van der Waals surface area contributed by atoms with Crippen LogP contribution in [-0.2, 0) is 4.79 Å². The topological polar surface area (TPSA) is 58.8 Å². The summed E-state index contributed by atoms with van der Waals surface area (Å²) < 4.78 is 5.30. The number of anilines is 1. The number of hydrogen-bond acceptors (Lipinski definition) is 4. The summed E-state index contributed by atoms with van der Waals surface area (Å²) >= 11 is 0. The Kier molecular flexibility index (Phi) is 4.98. The molecule has 0 spiro atoms. The van der Waals surface area contributed by atoms with E-state index in [0.29, 0.717) is 12.3 Å². The molecule has 1 aliphatic heterocycles. The molecule has 1 amide bonds. The van der Waals surface area contributed by atoms with Crippen molar-refractivity contribution < 1.29 is 9.53 Å². The third-order valence-electron chi connectivity index (χ3n) is 3.81. The van der Waals surface area contributed by atoms with Gasteiger partial charge in [0.15, 0.2) is 0 Å². The van der Waals surface area contributed by atoms with Crippen LogP contribution in [0.2, 0.25) is 0 Å². The van der Waals surface area contributed by atoms with Gasteiger partial charge in [0.05, 0.1) is 19.3 Å². The van der Waals surface area contributed by atoms with Crippen LogP contribution in [0, 0.1) is 0 Å². The van der Waals surface area contributed by atoms with Crippen molar-refractivity contribution in [1.82, 2.24) is 4.90 Å². The maximum atomic E-state index is 12.4. The minimum Gasteiger partial charge on any atom is -0.495 e. The maximum absolute atomic E-state index is 12.4. The third-order valence-corrected chi connectivity index (χ3v) is 3.81. The molecule has 1 fully saturated rings. The molecule has 0 atom stereocenters. The van der Waals surface area contributed by atoms with Crippen LogP contribution in [0.1, 0.15) is 12.8 Å². The van der Waals surface area contributed by atoms with Gasteiger partial charge in [0, 0.05) is 26.2 Å². The lowest BCUT2D eigenvalue weighted by Crippen LogP contribution is -2.45. The van der Waals surface area contributed by atoms with Gasteiger partial charge in [-0.15, -0.1) is 0 Å². The van der Waals surface area contributed by atoms with Crippen LogP contribution in [0.5, 0.6) is 5.75 Å². The molecule has 0 radical (unpaired) electrons. The van der Waals surface area contributed by atoms with Crippen LogP contribution in [0.4, 0.5) is 5.69 Å². The van der Waals surface area contributed by atoms with Crippen LogP contribution in [0.25, 0.3) is 0 Å². The number of nitrogens with zero attached hydrogens (tertiary/aromatic N) is 2. The van der Waals surface area contributed by atoms with Gasteiger partial charge in [-0.2, -0.15) is 0 Å². The summed E-state index contributed by atoms with van der Waals surface area (Å²) in [5.74, 6) is 0.786. The Hall–Kier alpha value is -1.59. The fourth-order valence-electron chi connectivity index (χ4n) is 2.45. The average molecular weight is 277 g/mol. The van der Waals surface area contributed by atoms with Crippen molar-refractivity contribution in [2.24, 2.45) is 5.73 Å². The molecule has 1 saturated heterocycles. The number of piperidine rings is 1. The molecular formula is C15H23N3O2. The molecule has 1 aliphatic rings. The summed E-state index contributed by atoms with van der Waals surface area (Å²) in [4.78, 5) is 16.2. The van der Waals surface area contributed by atoms with Crippen molar-refractivity contribution in [1.29, 1.82) is 0 Å². The number of likely N-dealkylation sites (tertiary alicyclic amines) is 1. The lowest BCUT2D eigenvalue weighted by atomic mass is 10.1. The lowest BCUT2D eigenvalue weighted by molar-refractivity contribution is -0.119. The van der Waals surface area contributed by atoms with E-state index in [1.807, 2.05) is 24.3 Å². The van der Waals surface area contributed by atoms with E-state index in [1.165, 1.54) is 0 Å². The van der Waals surface area contributed by atoms with E-state index in [0.717, 1.165) is 31.6 Å². The van der Waals surface area contributed by atoms with E-state index < -0.39 is 0 Å². The first-order chi connectivity index (χ1) is 9.61. The number of nitrogens with two attached hydrogens (primary N) is 1. The lowest BCUT2D eigenvalue weighted by Gasteiger charge is -2.31. The summed E-state index contributed by atoms with van der Waals surface area (Å²) in [6.07, 6.45) is 1.93. The number of amides is 1. The molecule has 0 saturated carbocycles. The zero-order valence-corrected chi connectivity index (χ0v) is 12.2. The molecule has 20 heavy (non-hydrogen) atoms. The Morgan fingerprint density at radius 3 is 2.70 bits per heavy atom. The van der Waals surface area contributed by atoms with Gasteiger partial charge in [0.2, 0.25) is 5.91 Å². The van der Waals surface area contributed by atoms with Gasteiger partial charge in [-0.3, -0.25) is 9.69 Å². The molecule has 5 nitrogen and oxygen atoms in total. The molecule has 1 aromatic carbocycles. The van der Waals surface area contributed by atoms with Crippen molar-refractivity contribution in [3.05, 3.63) is 24.3 Å². The van der Waals surface area contributed by atoms with E-state index in [4.69, 9.17) is 10.5 Å². The second-order valence-electron chi connectivity index (χ2n) is 5.24. The fraction of sp³-hybridized carbons (Fsp3) is 0.533. The Labute approximate surface area is 120 Å². The van der Waals surface area contributed by atoms with Gasteiger partial charge in [-0.25, -0.2) is 0 Å². The van der Waals surface area contributed by atoms with Crippen LogP contribution < -0.4 is 15.4 Å². The zero-order chi connectivity index (χ0) is 14.5. The summed E-state index contributed by atoms with van der Waals surface area (Å²) in [6, 6.07) is 7.84. The number of ether oxygens (including phenoxy) is 1. The van der Waals surface area contributed by atoms with Crippen LogP contribution in [0.3, 0.4) is 0 Å². The number of hydrogen-bond donors (Lipinski definition) is 1. The van der Waals surface area contributed by atoms with Crippen LogP contribution in [0.15, 0.2) is 24.3 Å². The van der Waals surface area contributed by atoms with Crippen LogP contribution in [-0.4, -0.2) is 50.6 Å². The maximum Gasteiger partial charge on any atom is 0.241 e. The summed E-state index contributed by atoms with van der Waals surface area (Å²) in [7, 11) is 3.40. The van der Waals surface area contributed by atoms with E-state index in [2.05, 4.69) is 4.90 Å². The van der Waals surface area contributed by atoms with Crippen molar-refractivity contribution in [3.8, 4) is 5.75 Å². The molecule has 0 unspecified atom stereocenters. The Bertz CT molecular complexity index is 456. The van der Waals surface area contributed by atoms with Crippen molar-refractivity contribution >= 4 is 11.6 Å². The number of carbonyl (C=O) groups excluding carboxylic acids is 1. The highest BCUT2D eigenvalue weighted by Gasteiger charge is 2.21. The molecule has 2 rings (SSSR count). The Morgan fingerprint density at radius 1 is 1.40 bits per heavy atom. The van der Waals surface area contributed by atoms with E-state index >= 15 is 0 Å². The second kappa shape index (κ2) is 6.72. The number of carbonyl (C=O) groups is 1. The molecule has 1 heterocycles. The van der Waals surface area contributed by atoms with Gasteiger partial charge < -0.3 is 15.4 Å². The number of methoxy groups -OCH3 is 1. The second-order valence-corrected chi connectivity index (χ2v) is 5.24. The normalized spacial score (nSPS) is 16.9. The van der Waals surface area contributed by atoms with E-state index in [1.54, 1.807) is 19.1 Å². The van der Waals surface area contributed by atoms with Crippen molar-refractivity contribution in [2.75, 3.05) is 38.7 Å². The molecule has 1 aromatic rings. The molecule has 110 valence electrons. The molecule has 0 aliphatic carbocycles. The monoisotopic (exact) mass is 277 g/mol. The molecule has 0 aromatic heterocycles. The van der Waals surface area contributed by atoms with Gasteiger partial charge in [-0.1, -0.05) is 12.1 Å². The quantitative estimate of drug-likeness (QED) is 0.895. The number of para-hydroxylation sites is 2. The first-order valence-corrected chi connectivity index (χ1v) is 6.99. The molecular weight excluding hydrogens is 254 g/mol. The highest BCUT2D eigenvalue weighted by molar-refractivity contribution is 5.95. The Morgan fingerprint density at radius 2 is 2.05 bits per heavy atom. The van der Waals surface area contributed by atoms with E-state index in [9.17, 15) is 4.79 Å². The number of rotatable bonds is 4. The first kappa shape index (κ1) is 14.8. The molecule has 0 bridgehead atoms. The zero-order valence-electron chi connectivity index (χ0n) is 12.2. The summed E-state index contributed by atoms with van der Waals surface area (Å²) in [6.45, 7) is 2.22. The highest BCUT2D eigenvalue weighted by Crippen LogP contribution is 2.26. The minimum atomic E-state index is 0.0740. The van der Waals surface area contributed by atoms with Crippen LogP contribution >= 0.6 is 0 Å². The largest absolute Gasteiger partial charge is 0.495 e. The summed E-state index contributed by atoms with van der Waals surface area (Å²) in [5.41, 5.74) is 6.68. The van der Waals surface area contributed by atoms with Gasteiger partial charge in [0.25, 0.3) is 0 Å². The van der Waals surface area contributed by atoms with Gasteiger partial charge in [-0.05, 0) is 25.0 Å². The number of benzene rings is 1. The minimum absolute atomic E-state index is 0.0740. The fourth-order valence-corrected chi connectivity index (χ4v) is 2.45. The third kappa shape index (κ3) is 3.49. The SMILES string of the molecule is COc1ccccc1N(C)C(=O)CN1CCC(N)CC1. The average Bonchev–Trinajstić information content (AvgIpc) is 2.48. The standard InChI is InChI=1S/C15H23N3O2/c1-17(13-5-3-4-6-14(13)20-2)15(19)11-18-9-7-12(16)8-10-18/h3-6,12H,7-11,16H2,1-2H3. The number of likely N-dealkylation sites (N-methyl/N-ethyl adjacent to an activating group) is 1. The smallest absolute Gasteiger partial charge is 0.241 e. The highest BCUT2D eigenvalue weighted by atomic mass is 16.5. The van der Waals surface area contributed by atoms with Crippen molar-refractivity contribution in [2.45, 2.75) is 18.9 Å². The predicted molar refractivity (Wildman–Crippen MR) is 80.1 cm³/mol. The van der Waals surface area contributed by atoms with Gasteiger partial charge in [0.1, 0.15) is 5.75 Å². The first-order valence-electron chi connectivity index (χ1n) is 6.99. The molecule has 2 N–H and O–H groups in total. The van der Waals surface area contributed by atoms with Gasteiger partial charge >= 0.3 is 0 Å². The Balaban J connectivity index is 1.98.